The van der Waals surface area contributed by atoms with Crippen LogP contribution >= 0.6 is 27.5 Å². The van der Waals surface area contributed by atoms with Crippen LogP contribution in [0.1, 0.15) is 40.9 Å². The van der Waals surface area contributed by atoms with Crippen LogP contribution in [-0.4, -0.2) is 24.1 Å². The fourth-order valence-corrected chi connectivity index (χ4v) is 3.89. The highest BCUT2D eigenvalue weighted by molar-refractivity contribution is 9.10. The molecule has 3 rings (SSSR count). The van der Waals surface area contributed by atoms with Crippen molar-refractivity contribution in [2.75, 3.05) is 0 Å². The standard InChI is InChI=1S/C27H27BrClN3O3/c1-17(2)25(31-26(33)21-5-4-6-22(29)14-21)27(34)32-30-15-20-11-12-24(23(28)13-20)35-16-19-9-7-18(3)8-10-19/h4-15,17,25H,16H2,1-3H3,(H,31,33)(H,32,34). The average molecular weight is 557 g/mol. The van der Waals surface area contributed by atoms with Crippen LogP contribution in [0.4, 0.5) is 0 Å². The molecule has 1 atom stereocenters. The monoisotopic (exact) mass is 555 g/mol. The van der Waals surface area contributed by atoms with E-state index in [4.69, 9.17) is 16.3 Å². The SMILES string of the molecule is Cc1ccc(COc2ccc(C=NNC(=O)C(NC(=O)c3cccc(Cl)c3)C(C)C)cc2Br)cc1. The molecule has 0 aliphatic heterocycles. The summed E-state index contributed by atoms with van der Waals surface area (Å²) in [7, 11) is 0. The van der Waals surface area contributed by atoms with E-state index in [2.05, 4.69) is 31.8 Å². The zero-order valence-electron chi connectivity index (χ0n) is 19.7. The number of aryl methyl sites for hydroxylation is 1. The fourth-order valence-electron chi connectivity index (χ4n) is 3.19. The van der Waals surface area contributed by atoms with Gasteiger partial charge in [-0.05, 0) is 76.3 Å². The van der Waals surface area contributed by atoms with Crippen molar-refractivity contribution in [2.24, 2.45) is 11.0 Å². The van der Waals surface area contributed by atoms with E-state index in [1.165, 1.54) is 11.8 Å². The van der Waals surface area contributed by atoms with Gasteiger partial charge in [0, 0.05) is 10.6 Å². The second kappa shape index (κ2) is 12.5. The molecule has 182 valence electrons. The Morgan fingerprint density at radius 2 is 1.83 bits per heavy atom. The summed E-state index contributed by atoms with van der Waals surface area (Å²) in [6.07, 6.45) is 1.53. The molecule has 0 saturated heterocycles. The Balaban J connectivity index is 1.57. The van der Waals surface area contributed by atoms with Crippen LogP contribution in [0.2, 0.25) is 5.02 Å². The minimum absolute atomic E-state index is 0.146. The minimum atomic E-state index is -0.761. The number of amides is 2. The van der Waals surface area contributed by atoms with Crippen molar-refractivity contribution in [3.05, 3.63) is 98.5 Å². The second-order valence-electron chi connectivity index (χ2n) is 8.40. The maximum Gasteiger partial charge on any atom is 0.262 e. The number of rotatable bonds is 9. The van der Waals surface area contributed by atoms with E-state index in [9.17, 15) is 9.59 Å². The normalized spacial score (nSPS) is 11.9. The molecule has 0 spiro atoms. The number of carbonyl (C=O) groups excluding carboxylic acids is 2. The van der Waals surface area contributed by atoms with Gasteiger partial charge in [-0.1, -0.05) is 61.3 Å². The maximum absolute atomic E-state index is 12.7. The highest BCUT2D eigenvalue weighted by atomic mass is 79.9. The molecule has 3 aromatic carbocycles. The van der Waals surface area contributed by atoms with Gasteiger partial charge in [0.2, 0.25) is 0 Å². The predicted molar refractivity (Wildman–Crippen MR) is 143 cm³/mol. The lowest BCUT2D eigenvalue weighted by molar-refractivity contribution is -0.123. The highest BCUT2D eigenvalue weighted by Gasteiger charge is 2.24. The molecule has 0 radical (unpaired) electrons. The molecule has 0 aliphatic carbocycles. The van der Waals surface area contributed by atoms with E-state index in [0.717, 1.165) is 15.6 Å². The molecule has 0 aromatic heterocycles. The van der Waals surface area contributed by atoms with E-state index < -0.39 is 11.9 Å². The zero-order chi connectivity index (χ0) is 25.4. The third kappa shape index (κ3) is 7.94. The predicted octanol–water partition coefficient (Wildman–Crippen LogP) is 5.89. The number of ether oxygens (including phenoxy) is 1. The van der Waals surface area contributed by atoms with Gasteiger partial charge in [0.25, 0.3) is 11.8 Å². The third-order valence-corrected chi connectivity index (χ3v) is 6.04. The van der Waals surface area contributed by atoms with E-state index in [-0.39, 0.29) is 11.8 Å². The summed E-state index contributed by atoms with van der Waals surface area (Å²) in [6.45, 7) is 6.20. The largest absolute Gasteiger partial charge is 0.488 e. The summed E-state index contributed by atoms with van der Waals surface area (Å²) in [6, 6.07) is 19.5. The Bertz CT molecular complexity index is 1210. The maximum atomic E-state index is 12.7. The number of benzene rings is 3. The lowest BCUT2D eigenvalue weighted by Gasteiger charge is -2.20. The lowest BCUT2D eigenvalue weighted by atomic mass is 10.0. The van der Waals surface area contributed by atoms with Crippen LogP contribution in [-0.2, 0) is 11.4 Å². The lowest BCUT2D eigenvalue weighted by Crippen LogP contribution is -2.48. The number of halogens is 2. The molecule has 2 N–H and O–H groups in total. The third-order valence-electron chi connectivity index (χ3n) is 5.18. The molecule has 0 heterocycles. The first kappa shape index (κ1) is 26.4. The smallest absolute Gasteiger partial charge is 0.262 e. The van der Waals surface area contributed by atoms with E-state index in [1.807, 2.05) is 63.2 Å². The first-order valence-corrected chi connectivity index (χ1v) is 12.3. The number of hydrogen-bond acceptors (Lipinski definition) is 4. The Morgan fingerprint density at radius 3 is 2.49 bits per heavy atom. The molecule has 0 aliphatic rings. The van der Waals surface area contributed by atoms with Crippen LogP contribution in [0, 0.1) is 12.8 Å². The summed E-state index contributed by atoms with van der Waals surface area (Å²) in [5.74, 6) is -0.234. The van der Waals surface area contributed by atoms with Crippen molar-refractivity contribution < 1.29 is 14.3 Å². The van der Waals surface area contributed by atoms with Crippen molar-refractivity contribution in [2.45, 2.75) is 33.4 Å². The molecule has 2 amide bonds. The average Bonchev–Trinajstić information content (AvgIpc) is 2.82. The molecule has 3 aromatic rings. The number of carbonyl (C=O) groups is 2. The number of hydrogen-bond donors (Lipinski definition) is 2. The quantitative estimate of drug-likeness (QED) is 0.255. The van der Waals surface area contributed by atoms with Crippen LogP contribution in [0.5, 0.6) is 5.75 Å². The first-order valence-electron chi connectivity index (χ1n) is 11.1. The van der Waals surface area contributed by atoms with Gasteiger partial charge in [-0.2, -0.15) is 5.10 Å². The summed E-state index contributed by atoms with van der Waals surface area (Å²) in [5, 5.41) is 7.25. The molecule has 35 heavy (non-hydrogen) atoms. The van der Waals surface area contributed by atoms with Crippen molar-refractivity contribution in [3.8, 4) is 5.75 Å². The molecule has 6 nitrogen and oxygen atoms in total. The van der Waals surface area contributed by atoms with Gasteiger partial charge in [-0.25, -0.2) is 5.43 Å². The molecular weight excluding hydrogens is 530 g/mol. The van der Waals surface area contributed by atoms with Gasteiger partial charge in [0.1, 0.15) is 18.4 Å². The van der Waals surface area contributed by atoms with Gasteiger partial charge < -0.3 is 10.1 Å². The summed E-state index contributed by atoms with van der Waals surface area (Å²) in [5.41, 5.74) is 5.94. The number of nitrogens with one attached hydrogen (secondary N) is 2. The van der Waals surface area contributed by atoms with Crippen molar-refractivity contribution in [1.29, 1.82) is 0 Å². The Kier molecular flexibility index (Phi) is 9.46. The topological polar surface area (TPSA) is 79.8 Å². The molecule has 1 unspecified atom stereocenters. The first-order chi connectivity index (χ1) is 16.7. The molecule has 0 saturated carbocycles. The van der Waals surface area contributed by atoms with Crippen molar-refractivity contribution in [3.63, 3.8) is 0 Å². The van der Waals surface area contributed by atoms with Crippen LogP contribution in [0.25, 0.3) is 0 Å². The van der Waals surface area contributed by atoms with Crippen molar-refractivity contribution in [1.82, 2.24) is 10.7 Å². The number of nitrogens with zero attached hydrogens (tertiary/aromatic N) is 1. The molecular formula is C27H27BrClN3O3. The van der Waals surface area contributed by atoms with E-state index in [1.54, 1.807) is 24.3 Å². The van der Waals surface area contributed by atoms with Crippen LogP contribution in [0.3, 0.4) is 0 Å². The van der Waals surface area contributed by atoms with Gasteiger partial charge in [0.15, 0.2) is 0 Å². The summed E-state index contributed by atoms with van der Waals surface area (Å²) >= 11 is 9.48. The summed E-state index contributed by atoms with van der Waals surface area (Å²) < 4.78 is 6.66. The second-order valence-corrected chi connectivity index (χ2v) is 9.69. The van der Waals surface area contributed by atoms with Crippen molar-refractivity contribution >= 4 is 45.6 Å². The fraction of sp³-hybridized carbons (Fsp3) is 0.222. The Morgan fingerprint density at radius 1 is 1.09 bits per heavy atom. The van der Waals surface area contributed by atoms with E-state index >= 15 is 0 Å². The van der Waals surface area contributed by atoms with Gasteiger partial charge in [-0.15, -0.1) is 0 Å². The minimum Gasteiger partial charge on any atom is -0.488 e. The van der Waals surface area contributed by atoms with Gasteiger partial charge in [0.05, 0.1) is 10.7 Å². The zero-order valence-corrected chi connectivity index (χ0v) is 22.1. The highest BCUT2D eigenvalue weighted by Crippen LogP contribution is 2.26. The van der Waals surface area contributed by atoms with Crippen LogP contribution < -0.4 is 15.5 Å². The van der Waals surface area contributed by atoms with E-state index in [0.29, 0.717) is 22.9 Å². The van der Waals surface area contributed by atoms with Gasteiger partial charge >= 0.3 is 0 Å². The molecule has 8 heteroatoms. The summed E-state index contributed by atoms with van der Waals surface area (Å²) in [4.78, 5) is 25.2. The molecule has 0 bridgehead atoms. The van der Waals surface area contributed by atoms with Gasteiger partial charge in [-0.3, -0.25) is 9.59 Å². The number of hydrazone groups is 1. The molecule has 0 fully saturated rings. The Hall–Kier alpha value is -3.16. The Labute approximate surface area is 218 Å². The van der Waals surface area contributed by atoms with Crippen LogP contribution in [0.15, 0.2) is 76.3 Å².